The maximum Gasteiger partial charge on any atom is 0.293 e. The minimum atomic E-state index is -0.546. The van der Waals surface area contributed by atoms with E-state index in [1.165, 1.54) is 12.1 Å². The van der Waals surface area contributed by atoms with Crippen molar-refractivity contribution in [1.29, 1.82) is 0 Å². The molecule has 2 amide bonds. The van der Waals surface area contributed by atoms with Crippen LogP contribution in [-0.2, 0) is 11.3 Å². The van der Waals surface area contributed by atoms with E-state index in [-0.39, 0.29) is 44.6 Å². The van der Waals surface area contributed by atoms with Crippen LogP contribution in [0.15, 0.2) is 23.1 Å². The van der Waals surface area contributed by atoms with Crippen LogP contribution in [-0.4, -0.2) is 27.9 Å². The normalized spacial score (nSPS) is 17.0. The molecule has 0 atom stereocenters. The van der Waals surface area contributed by atoms with E-state index in [0.717, 1.165) is 16.7 Å². The van der Waals surface area contributed by atoms with Gasteiger partial charge in [-0.2, -0.15) is 0 Å². The van der Waals surface area contributed by atoms with Crippen molar-refractivity contribution in [3.63, 3.8) is 0 Å². The zero-order valence-corrected chi connectivity index (χ0v) is 18.0. The number of imide groups is 1. The molecule has 0 radical (unpaired) electrons. The summed E-state index contributed by atoms with van der Waals surface area (Å²) < 4.78 is 10.6. The standard InChI is InChI=1S/C18H9Cl4NO5S/c19-9-4-13-12(27-6-28-13)1-7(9)5-23-17(25)14(29-18(23)26)2-8-10(20)3-11(21)16(24)15(8)22/h1-4,24H,5-6H2/b14-2-. The van der Waals surface area contributed by atoms with Crippen molar-refractivity contribution in [3.8, 4) is 17.2 Å². The monoisotopic (exact) mass is 491 g/mol. The number of ether oxygens (including phenoxy) is 2. The van der Waals surface area contributed by atoms with E-state index in [4.69, 9.17) is 55.9 Å². The van der Waals surface area contributed by atoms with Gasteiger partial charge in [-0.3, -0.25) is 14.5 Å². The van der Waals surface area contributed by atoms with Crippen LogP contribution in [0.25, 0.3) is 6.08 Å². The summed E-state index contributed by atoms with van der Waals surface area (Å²) in [5.41, 5.74) is 0.710. The molecular weight excluding hydrogens is 484 g/mol. The fraction of sp³-hybridized carbons (Fsp3) is 0.111. The predicted octanol–water partition coefficient (Wildman–Crippen LogP) is 5.97. The van der Waals surface area contributed by atoms with Crippen LogP contribution in [0.4, 0.5) is 4.79 Å². The van der Waals surface area contributed by atoms with Gasteiger partial charge in [-0.15, -0.1) is 0 Å². The van der Waals surface area contributed by atoms with Crippen molar-refractivity contribution in [1.82, 2.24) is 4.90 Å². The lowest BCUT2D eigenvalue weighted by molar-refractivity contribution is -0.123. The number of benzene rings is 2. The molecule has 2 aromatic rings. The van der Waals surface area contributed by atoms with Crippen molar-refractivity contribution in [2.24, 2.45) is 0 Å². The summed E-state index contributed by atoms with van der Waals surface area (Å²) in [5, 5.41) is 9.74. The lowest BCUT2D eigenvalue weighted by atomic mass is 10.1. The SMILES string of the molecule is O=C1S/C(=C\c2c(Cl)cc(Cl)c(O)c2Cl)C(=O)N1Cc1cc2c(cc1Cl)OCO2. The average Bonchev–Trinajstić information content (AvgIpc) is 3.22. The van der Waals surface area contributed by atoms with Crippen LogP contribution in [0, 0.1) is 0 Å². The van der Waals surface area contributed by atoms with Crippen LogP contribution in [0.3, 0.4) is 0 Å². The molecule has 0 aliphatic carbocycles. The number of nitrogens with zero attached hydrogens (tertiary/aromatic N) is 1. The average molecular weight is 493 g/mol. The Bertz CT molecular complexity index is 1100. The van der Waals surface area contributed by atoms with E-state index in [2.05, 4.69) is 0 Å². The number of phenolic OH excluding ortho intramolecular Hbond substituents is 1. The van der Waals surface area contributed by atoms with Crippen molar-refractivity contribution in [3.05, 3.63) is 54.3 Å². The third-order valence-electron chi connectivity index (χ3n) is 4.20. The maximum atomic E-state index is 12.8. The summed E-state index contributed by atoms with van der Waals surface area (Å²) in [5.74, 6) is 0.0763. The molecule has 4 rings (SSSR count). The van der Waals surface area contributed by atoms with Crippen molar-refractivity contribution in [2.75, 3.05) is 6.79 Å². The van der Waals surface area contributed by atoms with Crippen LogP contribution in [0.2, 0.25) is 20.1 Å². The molecule has 2 heterocycles. The number of fused-ring (bicyclic) bond motifs is 1. The summed E-state index contributed by atoms with van der Waals surface area (Å²) >= 11 is 25.0. The molecule has 2 aliphatic heterocycles. The second-order valence-corrected chi connectivity index (χ2v) is 8.57. The lowest BCUT2D eigenvalue weighted by Gasteiger charge is -2.14. The number of rotatable bonds is 3. The van der Waals surface area contributed by atoms with Gasteiger partial charge in [-0.05, 0) is 35.5 Å². The van der Waals surface area contributed by atoms with E-state index in [1.807, 2.05) is 0 Å². The molecule has 1 fully saturated rings. The smallest absolute Gasteiger partial charge is 0.293 e. The van der Waals surface area contributed by atoms with E-state index in [9.17, 15) is 14.7 Å². The zero-order valence-electron chi connectivity index (χ0n) is 14.2. The number of amides is 2. The molecule has 0 spiro atoms. The minimum Gasteiger partial charge on any atom is -0.505 e. The predicted molar refractivity (Wildman–Crippen MR) is 112 cm³/mol. The van der Waals surface area contributed by atoms with Crippen LogP contribution in [0.5, 0.6) is 17.2 Å². The molecule has 0 saturated carbocycles. The van der Waals surface area contributed by atoms with Gasteiger partial charge in [0.05, 0.1) is 26.5 Å². The number of phenols is 1. The first-order chi connectivity index (χ1) is 13.8. The van der Waals surface area contributed by atoms with Crippen LogP contribution in [0.1, 0.15) is 11.1 Å². The second kappa shape index (κ2) is 7.81. The Hall–Kier alpha value is -1.77. The largest absolute Gasteiger partial charge is 0.505 e. The molecule has 29 heavy (non-hydrogen) atoms. The number of carbonyl (C=O) groups is 2. The highest BCUT2D eigenvalue weighted by Crippen LogP contribution is 2.43. The zero-order chi connectivity index (χ0) is 20.9. The number of aromatic hydroxyl groups is 1. The Balaban J connectivity index is 1.64. The molecule has 6 nitrogen and oxygen atoms in total. The van der Waals surface area contributed by atoms with Gasteiger partial charge in [0.15, 0.2) is 17.2 Å². The van der Waals surface area contributed by atoms with Gasteiger partial charge in [0, 0.05) is 16.7 Å². The van der Waals surface area contributed by atoms with Crippen LogP contribution < -0.4 is 9.47 Å². The molecular formula is C18H9Cl4NO5S. The second-order valence-electron chi connectivity index (χ2n) is 5.98. The van der Waals surface area contributed by atoms with Gasteiger partial charge < -0.3 is 14.6 Å². The van der Waals surface area contributed by atoms with Gasteiger partial charge >= 0.3 is 0 Å². The third-order valence-corrected chi connectivity index (χ3v) is 6.44. The van der Waals surface area contributed by atoms with Gasteiger partial charge in [0.25, 0.3) is 11.1 Å². The van der Waals surface area contributed by atoms with E-state index in [1.54, 1.807) is 12.1 Å². The van der Waals surface area contributed by atoms with Gasteiger partial charge in [-0.1, -0.05) is 46.4 Å². The Kier molecular flexibility index (Phi) is 5.52. The summed E-state index contributed by atoms with van der Waals surface area (Å²) in [7, 11) is 0. The Morgan fingerprint density at radius 1 is 1.03 bits per heavy atom. The Labute approximate surface area is 188 Å². The Morgan fingerprint density at radius 3 is 2.45 bits per heavy atom. The molecule has 2 aromatic carbocycles. The van der Waals surface area contributed by atoms with Gasteiger partial charge in [0.1, 0.15) is 0 Å². The number of hydrogen-bond acceptors (Lipinski definition) is 6. The van der Waals surface area contributed by atoms with E-state index >= 15 is 0 Å². The van der Waals surface area contributed by atoms with E-state index in [0.29, 0.717) is 22.1 Å². The summed E-state index contributed by atoms with van der Waals surface area (Å²) in [6.07, 6.45) is 1.34. The quantitative estimate of drug-likeness (QED) is 0.532. The number of thioether (sulfide) groups is 1. The Morgan fingerprint density at radius 2 is 1.72 bits per heavy atom. The lowest BCUT2D eigenvalue weighted by Crippen LogP contribution is -2.27. The minimum absolute atomic E-state index is 0.0253. The molecule has 1 saturated heterocycles. The number of halogens is 4. The van der Waals surface area contributed by atoms with Gasteiger partial charge in [-0.25, -0.2) is 0 Å². The highest BCUT2D eigenvalue weighted by Gasteiger charge is 2.36. The molecule has 1 N–H and O–H groups in total. The molecule has 0 bridgehead atoms. The highest BCUT2D eigenvalue weighted by molar-refractivity contribution is 8.18. The van der Waals surface area contributed by atoms with Gasteiger partial charge in [0.2, 0.25) is 6.79 Å². The van der Waals surface area contributed by atoms with E-state index < -0.39 is 11.1 Å². The summed E-state index contributed by atoms with van der Waals surface area (Å²) in [6.45, 7) is 0.0275. The molecule has 11 heteroatoms. The molecule has 0 unspecified atom stereocenters. The van der Waals surface area contributed by atoms with Crippen molar-refractivity contribution < 1.29 is 24.2 Å². The van der Waals surface area contributed by atoms with Crippen molar-refractivity contribution >= 4 is 75.4 Å². The fourth-order valence-electron chi connectivity index (χ4n) is 2.75. The highest BCUT2D eigenvalue weighted by atomic mass is 35.5. The first kappa shape index (κ1) is 20.5. The van der Waals surface area contributed by atoms with Crippen molar-refractivity contribution in [2.45, 2.75) is 6.54 Å². The molecule has 150 valence electrons. The summed E-state index contributed by atoms with van der Waals surface area (Å²) in [4.78, 5) is 26.3. The number of carbonyl (C=O) groups excluding carboxylic acids is 2. The fourth-order valence-corrected chi connectivity index (χ4v) is 4.65. The first-order valence-corrected chi connectivity index (χ1v) is 10.3. The van der Waals surface area contributed by atoms with Crippen LogP contribution >= 0.6 is 58.2 Å². The molecule has 2 aliphatic rings. The molecule has 0 aromatic heterocycles. The topological polar surface area (TPSA) is 76.1 Å². The maximum absolute atomic E-state index is 12.8. The first-order valence-electron chi connectivity index (χ1n) is 7.96. The number of hydrogen-bond donors (Lipinski definition) is 1. The summed E-state index contributed by atoms with van der Waals surface area (Å²) in [6, 6.07) is 4.50. The third kappa shape index (κ3) is 3.73.